The third-order valence-electron chi connectivity index (χ3n) is 4.29. The molecule has 0 aliphatic carbocycles. The van der Waals surface area contributed by atoms with Crippen molar-refractivity contribution in [1.82, 2.24) is 4.90 Å². The fourth-order valence-corrected chi connectivity index (χ4v) is 2.80. The van der Waals surface area contributed by atoms with Crippen LogP contribution in [0.15, 0.2) is 24.3 Å². The monoisotopic (exact) mass is 276 g/mol. The number of rotatable bonds is 5. The predicted octanol–water partition coefficient (Wildman–Crippen LogP) is 3.04. The van der Waals surface area contributed by atoms with Crippen molar-refractivity contribution in [2.24, 2.45) is 11.1 Å². The van der Waals surface area contributed by atoms with E-state index in [2.05, 4.69) is 18.7 Å². The second-order valence-corrected chi connectivity index (χ2v) is 6.52. The standard InChI is InChI=1S/C17H28N2O/c1-17(2)8-5-10-19(11-9-17)12-13-20-16-7-4-3-6-15(16)14-18/h3-4,6-7H,5,8-14,18H2,1-2H3. The molecule has 0 bridgehead atoms. The van der Waals surface area contributed by atoms with Gasteiger partial charge < -0.3 is 10.5 Å². The average Bonchev–Trinajstić information content (AvgIpc) is 2.61. The number of hydrogen-bond donors (Lipinski definition) is 1. The van der Waals surface area contributed by atoms with E-state index in [-0.39, 0.29) is 0 Å². The first kappa shape index (κ1) is 15.3. The van der Waals surface area contributed by atoms with Crippen molar-refractivity contribution in [1.29, 1.82) is 0 Å². The Hall–Kier alpha value is -1.06. The van der Waals surface area contributed by atoms with Gasteiger partial charge in [-0.05, 0) is 43.8 Å². The van der Waals surface area contributed by atoms with Crippen LogP contribution in [0.2, 0.25) is 0 Å². The summed E-state index contributed by atoms with van der Waals surface area (Å²) >= 11 is 0. The lowest BCUT2D eigenvalue weighted by Crippen LogP contribution is -2.30. The second-order valence-electron chi connectivity index (χ2n) is 6.52. The molecule has 0 unspecified atom stereocenters. The number of benzene rings is 1. The molecule has 3 heteroatoms. The maximum Gasteiger partial charge on any atom is 0.123 e. The Morgan fingerprint density at radius 1 is 1.20 bits per heavy atom. The van der Waals surface area contributed by atoms with Gasteiger partial charge in [0.1, 0.15) is 12.4 Å². The van der Waals surface area contributed by atoms with Gasteiger partial charge in [0.05, 0.1) is 0 Å². The number of nitrogens with zero attached hydrogens (tertiary/aromatic N) is 1. The molecule has 2 N–H and O–H groups in total. The summed E-state index contributed by atoms with van der Waals surface area (Å²) in [7, 11) is 0. The maximum absolute atomic E-state index is 5.90. The van der Waals surface area contributed by atoms with Crippen LogP contribution in [0.5, 0.6) is 5.75 Å². The highest BCUT2D eigenvalue weighted by atomic mass is 16.5. The summed E-state index contributed by atoms with van der Waals surface area (Å²) in [6.07, 6.45) is 3.92. The SMILES string of the molecule is CC1(C)CCCN(CCOc2ccccc2CN)CC1. The van der Waals surface area contributed by atoms with Gasteiger partial charge in [-0.25, -0.2) is 0 Å². The van der Waals surface area contributed by atoms with Crippen molar-refractivity contribution in [2.45, 2.75) is 39.7 Å². The van der Waals surface area contributed by atoms with Gasteiger partial charge in [-0.3, -0.25) is 4.90 Å². The minimum atomic E-state index is 0.502. The van der Waals surface area contributed by atoms with Crippen LogP contribution in [-0.4, -0.2) is 31.1 Å². The highest BCUT2D eigenvalue weighted by Crippen LogP contribution is 2.29. The number of hydrogen-bond acceptors (Lipinski definition) is 3. The highest BCUT2D eigenvalue weighted by molar-refractivity contribution is 5.32. The first-order valence-electron chi connectivity index (χ1n) is 7.74. The molecule has 3 nitrogen and oxygen atoms in total. The van der Waals surface area contributed by atoms with E-state index in [0.717, 1.165) is 24.5 Å². The lowest BCUT2D eigenvalue weighted by atomic mass is 9.85. The van der Waals surface area contributed by atoms with E-state index in [4.69, 9.17) is 10.5 Å². The second kappa shape index (κ2) is 7.09. The van der Waals surface area contributed by atoms with Crippen molar-refractivity contribution in [3.63, 3.8) is 0 Å². The molecule has 20 heavy (non-hydrogen) atoms. The van der Waals surface area contributed by atoms with E-state index in [1.54, 1.807) is 0 Å². The van der Waals surface area contributed by atoms with Crippen LogP contribution in [0.3, 0.4) is 0 Å². The van der Waals surface area contributed by atoms with Gasteiger partial charge in [0.15, 0.2) is 0 Å². The van der Waals surface area contributed by atoms with Gasteiger partial charge in [0.25, 0.3) is 0 Å². The fraction of sp³-hybridized carbons (Fsp3) is 0.647. The van der Waals surface area contributed by atoms with E-state index >= 15 is 0 Å². The summed E-state index contributed by atoms with van der Waals surface area (Å²) in [5.41, 5.74) is 7.31. The summed E-state index contributed by atoms with van der Waals surface area (Å²) in [6.45, 7) is 9.44. The van der Waals surface area contributed by atoms with E-state index in [1.807, 2.05) is 24.3 Å². The summed E-state index contributed by atoms with van der Waals surface area (Å²) in [6, 6.07) is 8.05. The number of likely N-dealkylation sites (tertiary alicyclic amines) is 1. The van der Waals surface area contributed by atoms with Gasteiger partial charge in [-0.15, -0.1) is 0 Å². The molecule has 112 valence electrons. The topological polar surface area (TPSA) is 38.5 Å². The molecule has 0 atom stereocenters. The third-order valence-corrected chi connectivity index (χ3v) is 4.29. The molecule has 1 aliphatic heterocycles. The van der Waals surface area contributed by atoms with Crippen molar-refractivity contribution in [3.05, 3.63) is 29.8 Å². The first-order chi connectivity index (χ1) is 9.61. The molecule has 1 heterocycles. The Kier molecular flexibility index (Phi) is 5.44. The van der Waals surface area contributed by atoms with Crippen molar-refractivity contribution >= 4 is 0 Å². The molecule has 0 spiro atoms. The molecular weight excluding hydrogens is 248 g/mol. The first-order valence-corrected chi connectivity index (χ1v) is 7.74. The van der Waals surface area contributed by atoms with E-state index in [0.29, 0.717) is 12.0 Å². The number of nitrogens with two attached hydrogens (primary N) is 1. The van der Waals surface area contributed by atoms with Crippen LogP contribution in [-0.2, 0) is 6.54 Å². The zero-order chi connectivity index (χ0) is 14.4. The average molecular weight is 276 g/mol. The lowest BCUT2D eigenvalue weighted by Gasteiger charge is -2.23. The van der Waals surface area contributed by atoms with Gasteiger partial charge in [0, 0.05) is 18.7 Å². The zero-order valence-electron chi connectivity index (χ0n) is 12.9. The Labute approximate surface area is 123 Å². The third kappa shape index (κ3) is 4.50. The van der Waals surface area contributed by atoms with Crippen LogP contribution < -0.4 is 10.5 Å². The molecule has 0 aromatic heterocycles. The quantitative estimate of drug-likeness (QED) is 0.898. The van der Waals surface area contributed by atoms with Crippen LogP contribution in [0.1, 0.15) is 38.7 Å². The van der Waals surface area contributed by atoms with E-state index < -0.39 is 0 Å². The molecule has 0 radical (unpaired) electrons. The summed E-state index contributed by atoms with van der Waals surface area (Å²) in [4.78, 5) is 2.53. The van der Waals surface area contributed by atoms with Crippen molar-refractivity contribution in [3.8, 4) is 5.75 Å². The van der Waals surface area contributed by atoms with Crippen LogP contribution in [0, 0.1) is 5.41 Å². The number of para-hydroxylation sites is 1. The fourth-order valence-electron chi connectivity index (χ4n) is 2.80. The molecule has 1 saturated heterocycles. The van der Waals surface area contributed by atoms with Crippen molar-refractivity contribution in [2.75, 3.05) is 26.2 Å². The number of ether oxygens (including phenoxy) is 1. The Balaban J connectivity index is 1.78. The molecular formula is C17H28N2O. The van der Waals surface area contributed by atoms with Crippen LogP contribution >= 0.6 is 0 Å². The van der Waals surface area contributed by atoms with Crippen LogP contribution in [0.25, 0.3) is 0 Å². The maximum atomic E-state index is 5.90. The van der Waals surface area contributed by atoms with E-state index in [9.17, 15) is 0 Å². The smallest absolute Gasteiger partial charge is 0.123 e. The minimum absolute atomic E-state index is 0.502. The zero-order valence-corrected chi connectivity index (χ0v) is 12.9. The van der Waals surface area contributed by atoms with Crippen LogP contribution in [0.4, 0.5) is 0 Å². The summed E-state index contributed by atoms with van der Waals surface area (Å²) < 4.78 is 5.90. The van der Waals surface area contributed by atoms with Crippen molar-refractivity contribution < 1.29 is 4.74 Å². The molecule has 0 amide bonds. The van der Waals surface area contributed by atoms with Gasteiger partial charge in [0.2, 0.25) is 0 Å². The summed E-state index contributed by atoms with van der Waals surface area (Å²) in [5, 5.41) is 0. The Morgan fingerprint density at radius 3 is 2.80 bits per heavy atom. The summed E-state index contributed by atoms with van der Waals surface area (Å²) in [5.74, 6) is 0.935. The molecule has 1 aromatic rings. The predicted molar refractivity (Wildman–Crippen MR) is 83.9 cm³/mol. The van der Waals surface area contributed by atoms with Gasteiger partial charge in [-0.2, -0.15) is 0 Å². The molecule has 2 rings (SSSR count). The molecule has 1 aromatic carbocycles. The van der Waals surface area contributed by atoms with Gasteiger partial charge in [-0.1, -0.05) is 32.0 Å². The molecule has 1 aliphatic rings. The minimum Gasteiger partial charge on any atom is -0.492 e. The molecule has 1 fully saturated rings. The Morgan fingerprint density at radius 2 is 2.00 bits per heavy atom. The van der Waals surface area contributed by atoms with E-state index in [1.165, 1.54) is 32.4 Å². The normalized spacial score (nSPS) is 19.6. The highest BCUT2D eigenvalue weighted by Gasteiger charge is 2.22. The largest absolute Gasteiger partial charge is 0.492 e. The Bertz CT molecular complexity index is 417. The van der Waals surface area contributed by atoms with Gasteiger partial charge >= 0.3 is 0 Å². The lowest BCUT2D eigenvalue weighted by molar-refractivity contribution is 0.206. The molecule has 0 saturated carbocycles.